The molecule has 1 aliphatic rings. The number of fused-ring (bicyclic) bond motifs is 1. The monoisotopic (exact) mass is 296 g/mol. The van der Waals surface area contributed by atoms with E-state index in [0.29, 0.717) is 12.3 Å². The van der Waals surface area contributed by atoms with Crippen molar-refractivity contribution in [2.75, 3.05) is 19.7 Å². The summed E-state index contributed by atoms with van der Waals surface area (Å²) in [6.45, 7) is 1.56. The van der Waals surface area contributed by atoms with Crippen LogP contribution in [0.1, 0.15) is 17.2 Å². The van der Waals surface area contributed by atoms with Crippen LogP contribution >= 0.6 is 0 Å². The predicted octanol–water partition coefficient (Wildman–Crippen LogP) is 2.07. The summed E-state index contributed by atoms with van der Waals surface area (Å²) in [5.74, 6) is 0.604. The second-order valence-corrected chi connectivity index (χ2v) is 5.36. The van der Waals surface area contributed by atoms with Crippen LogP contribution in [0.2, 0.25) is 0 Å². The van der Waals surface area contributed by atoms with Gasteiger partial charge >= 0.3 is 0 Å². The number of amides is 1. The number of nitrogens with one attached hydrogen (secondary N) is 2. The van der Waals surface area contributed by atoms with Gasteiger partial charge in [-0.2, -0.15) is 0 Å². The van der Waals surface area contributed by atoms with E-state index in [9.17, 15) is 4.79 Å². The number of benzene rings is 2. The van der Waals surface area contributed by atoms with Crippen LogP contribution in [-0.4, -0.2) is 25.6 Å². The van der Waals surface area contributed by atoms with Crippen LogP contribution in [0.3, 0.4) is 0 Å². The first-order valence-electron chi connectivity index (χ1n) is 7.58. The van der Waals surface area contributed by atoms with E-state index in [4.69, 9.17) is 4.74 Å². The maximum absolute atomic E-state index is 11.9. The van der Waals surface area contributed by atoms with E-state index in [1.807, 2.05) is 36.4 Å². The Bertz CT molecular complexity index is 628. The fourth-order valence-electron chi connectivity index (χ4n) is 2.71. The van der Waals surface area contributed by atoms with Crippen molar-refractivity contribution in [3.05, 3.63) is 65.7 Å². The lowest BCUT2D eigenvalue weighted by molar-refractivity contribution is -0.123. The van der Waals surface area contributed by atoms with Crippen molar-refractivity contribution < 1.29 is 9.53 Å². The van der Waals surface area contributed by atoms with Gasteiger partial charge in [0.15, 0.2) is 6.61 Å². The van der Waals surface area contributed by atoms with Gasteiger partial charge in [0.25, 0.3) is 5.91 Å². The number of hydrogen-bond donors (Lipinski definition) is 2. The zero-order valence-electron chi connectivity index (χ0n) is 12.4. The molecule has 0 fully saturated rings. The molecule has 0 saturated heterocycles. The van der Waals surface area contributed by atoms with Crippen LogP contribution in [0.5, 0.6) is 5.75 Å². The third kappa shape index (κ3) is 3.65. The average molecular weight is 296 g/mol. The summed E-state index contributed by atoms with van der Waals surface area (Å²) in [7, 11) is 0. The quantitative estimate of drug-likeness (QED) is 0.888. The van der Waals surface area contributed by atoms with Crippen molar-refractivity contribution in [1.82, 2.24) is 10.6 Å². The molecule has 4 heteroatoms. The van der Waals surface area contributed by atoms with Gasteiger partial charge in [0.2, 0.25) is 0 Å². The van der Waals surface area contributed by atoms with E-state index in [1.165, 1.54) is 11.1 Å². The van der Waals surface area contributed by atoms with E-state index in [2.05, 4.69) is 28.8 Å². The second kappa shape index (κ2) is 7.09. The summed E-state index contributed by atoms with van der Waals surface area (Å²) in [4.78, 5) is 11.9. The van der Waals surface area contributed by atoms with E-state index in [-0.39, 0.29) is 18.6 Å². The highest BCUT2D eigenvalue weighted by Gasteiger charge is 2.19. The Labute approximate surface area is 130 Å². The molecule has 22 heavy (non-hydrogen) atoms. The molecule has 0 radical (unpaired) electrons. The third-order valence-electron chi connectivity index (χ3n) is 3.83. The molecular weight excluding hydrogens is 276 g/mol. The maximum atomic E-state index is 11.9. The zero-order valence-corrected chi connectivity index (χ0v) is 12.4. The number of carbonyl (C=O) groups excluding carboxylic acids is 1. The molecule has 1 amide bonds. The van der Waals surface area contributed by atoms with Gasteiger partial charge in [-0.05, 0) is 36.2 Å². The molecule has 1 unspecified atom stereocenters. The fourth-order valence-corrected chi connectivity index (χ4v) is 2.71. The number of para-hydroxylation sites is 1. The lowest BCUT2D eigenvalue weighted by Gasteiger charge is -2.27. The van der Waals surface area contributed by atoms with Gasteiger partial charge in [-0.15, -0.1) is 0 Å². The minimum atomic E-state index is -0.103. The average Bonchev–Trinajstić information content (AvgIpc) is 2.59. The Kier molecular flexibility index (Phi) is 4.71. The van der Waals surface area contributed by atoms with Crippen LogP contribution < -0.4 is 15.4 Å². The van der Waals surface area contributed by atoms with Crippen molar-refractivity contribution in [3.63, 3.8) is 0 Å². The smallest absolute Gasteiger partial charge is 0.258 e. The Hall–Kier alpha value is -2.33. The van der Waals surface area contributed by atoms with Crippen molar-refractivity contribution in [3.8, 4) is 5.75 Å². The molecule has 0 aromatic heterocycles. The zero-order chi connectivity index (χ0) is 15.2. The minimum Gasteiger partial charge on any atom is -0.484 e. The Morgan fingerprint density at radius 3 is 2.77 bits per heavy atom. The minimum absolute atomic E-state index is 0.0401. The molecule has 3 rings (SSSR count). The Morgan fingerprint density at radius 1 is 1.14 bits per heavy atom. The molecule has 0 aliphatic carbocycles. The second-order valence-electron chi connectivity index (χ2n) is 5.36. The van der Waals surface area contributed by atoms with Gasteiger partial charge < -0.3 is 15.4 Å². The predicted molar refractivity (Wildman–Crippen MR) is 85.8 cm³/mol. The van der Waals surface area contributed by atoms with Gasteiger partial charge in [0.1, 0.15) is 5.75 Å². The topological polar surface area (TPSA) is 50.4 Å². The summed E-state index contributed by atoms with van der Waals surface area (Å²) >= 11 is 0. The Morgan fingerprint density at radius 2 is 1.91 bits per heavy atom. The van der Waals surface area contributed by atoms with Crippen molar-refractivity contribution in [2.24, 2.45) is 0 Å². The van der Waals surface area contributed by atoms with Crippen molar-refractivity contribution >= 4 is 5.91 Å². The number of rotatable bonds is 5. The van der Waals surface area contributed by atoms with E-state index < -0.39 is 0 Å². The van der Waals surface area contributed by atoms with Gasteiger partial charge in [-0.3, -0.25) is 4.79 Å². The van der Waals surface area contributed by atoms with Gasteiger partial charge in [0.05, 0.1) is 0 Å². The van der Waals surface area contributed by atoms with Crippen LogP contribution in [0.4, 0.5) is 0 Å². The molecule has 4 nitrogen and oxygen atoms in total. The van der Waals surface area contributed by atoms with Crippen LogP contribution in [0, 0.1) is 0 Å². The normalized spacial score (nSPS) is 16.6. The fraction of sp³-hybridized carbons (Fsp3) is 0.278. The number of hydrogen-bond acceptors (Lipinski definition) is 3. The van der Waals surface area contributed by atoms with E-state index in [1.54, 1.807) is 0 Å². The molecule has 114 valence electrons. The maximum Gasteiger partial charge on any atom is 0.258 e. The summed E-state index contributed by atoms with van der Waals surface area (Å²) in [6.07, 6.45) is 1.04. The molecule has 0 spiro atoms. The first kappa shape index (κ1) is 14.6. The van der Waals surface area contributed by atoms with Gasteiger partial charge in [-0.25, -0.2) is 0 Å². The van der Waals surface area contributed by atoms with Crippen LogP contribution in [-0.2, 0) is 11.2 Å². The summed E-state index contributed by atoms with van der Waals surface area (Å²) in [5.41, 5.74) is 2.64. The van der Waals surface area contributed by atoms with Crippen molar-refractivity contribution in [1.29, 1.82) is 0 Å². The molecule has 1 atom stereocenters. The van der Waals surface area contributed by atoms with Crippen molar-refractivity contribution in [2.45, 2.75) is 12.5 Å². The molecule has 1 aliphatic heterocycles. The first-order valence-corrected chi connectivity index (χ1v) is 7.58. The van der Waals surface area contributed by atoms with E-state index >= 15 is 0 Å². The van der Waals surface area contributed by atoms with E-state index in [0.717, 1.165) is 13.0 Å². The number of carbonyl (C=O) groups is 1. The summed E-state index contributed by atoms with van der Waals surface area (Å²) in [6, 6.07) is 17.9. The summed E-state index contributed by atoms with van der Waals surface area (Å²) < 4.78 is 5.44. The standard InChI is InChI=1S/C18H20N2O2/c21-18(13-22-15-7-2-1-3-8-15)20-12-17-16-9-5-4-6-14(16)10-11-19-17/h1-9,17,19H,10-13H2,(H,20,21). The molecule has 1 heterocycles. The lowest BCUT2D eigenvalue weighted by Crippen LogP contribution is -2.40. The highest BCUT2D eigenvalue weighted by atomic mass is 16.5. The van der Waals surface area contributed by atoms with Crippen LogP contribution in [0.15, 0.2) is 54.6 Å². The highest BCUT2D eigenvalue weighted by molar-refractivity contribution is 5.77. The van der Waals surface area contributed by atoms with Gasteiger partial charge in [-0.1, -0.05) is 42.5 Å². The largest absolute Gasteiger partial charge is 0.484 e. The molecule has 0 bridgehead atoms. The lowest BCUT2D eigenvalue weighted by atomic mass is 9.94. The van der Waals surface area contributed by atoms with Gasteiger partial charge in [0, 0.05) is 12.6 Å². The third-order valence-corrected chi connectivity index (χ3v) is 3.83. The molecule has 2 N–H and O–H groups in total. The molecule has 2 aromatic carbocycles. The summed E-state index contributed by atoms with van der Waals surface area (Å²) in [5, 5.41) is 6.39. The number of ether oxygens (including phenoxy) is 1. The SMILES string of the molecule is O=C(COc1ccccc1)NCC1NCCc2ccccc21. The highest BCUT2D eigenvalue weighted by Crippen LogP contribution is 2.21. The van der Waals surface area contributed by atoms with Crippen LogP contribution in [0.25, 0.3) is 0 Å². The molecular formula is C18H20N2O2. The Balaban J connectivity index is 1.50. The molecule has 2 aromatic rings. The first-order chi connectivity index (χ1) is 10.8. The molecule has 0 saturated carbocycles.